The molecule has 0 bridgehead atoms. The summed E-state index contributed by atoms with van der Waals surface area (Å²) in [5.41, 5.74) is 0.375. The van der Waals surface area contributed by atoms with Crippen molar-refractivity contribution >= 4 is 0 Å². The van der Waals surface area contributed by atoms with Gasteiger partial charge in [-0.15, -0.1) is 0 Å². The molecule has 0 saturated heterocycles. The molecule has 2 N–H and O–H groups in total. The van der Waals surface area contributed by atoms with Crippen LogP contribution in [0.25, 0.3) is 0 Å². The van der Waals surface area contributed by atoms with Crippen molar-refractivity contribution in [3.05, 3.63) is 29.8 Å². The lowest BCUT2D eigenvalue weighted by Gasteiger charge is -2.39. The number of ether oxygens (including phenoxy) is 1. The van der Waals surface area contributed by atoms with Crippen LogP contribution in [0.2, 0.25) is 0 Å². The molecular formula is C22H38NO2+. The molecule has 3 heteroatoms. The third-order valence-corrected chi connectivity index (χ3v) is 5.66. The summed E-state index contributed by atoms with van der Waals surface area (Å²) in [5.74, 6) is 1.31. The van der Waals surface area contributed by atoms with Crippen LogP contribution in [0.4, 0.5) is 0 Å². The van der Waals surface area contributed by atoms with Gasteiger partial charge in [-0.05, 0) is 42.9 Å². The molecule has 3 nitrogen and oxygen atoms in total. The molecular weight excluding hydrogens is 310 g/mol. The molecule has 0 unspecified atom stereocenters. The van der Waals surface area contributed by atoms with Crippen LogP contribution in [-0.4, -0.2) is 32.4 Å². The van der Waals surface area contributed by atoms with Gasteiger partial charge in [0.2, 0.25) is 0 Å². The summed E-state index contributed by atoms with van der Waals surface area (Å²) in [4.78, 5) is 1.39. The van der Waals surface area contributed by atoms with Crippen LogP contribution < -0.4 is 9.64 Å². The second-order valence-electron chi connectivity index (χ2n) is 8.05. The van der Waals surface area contributed by atoms with Gasteiger partial charge in [0.15, 0.2) is 0 Å². The van der Waals surface area contributed by atoms with Crippen LogP contribution in [0.5, 0.6) is 5.75 Å². The fraction of sp³-hybridized carbons (Fsp3) is 0.727. The predicted octanol–water partition coefficient (Wildman–Crippen LogP) is 3.56. The predicted molar refractivity (Wildman–Crippen MR) is 104 cm³/mol. The zero-order chi connectivity index (χ0) is 18.1. The molecule has 0 amide bonds. The summed E-state index contributed by atoms with van der Waals surface area (Å²) in [6, 6.07) is 8.26. The fourth-order valence-corrected chi connectivity index (χ4v) is 3.99. The van der Waals surface area contributed by atoms with E-state index in [1.165, 1.54) is 37.0 Å². The Bertz CT molecular complexity index is 479. The van der Waals surface area contributed by atoms with Crippen molar-refractivity contribution in [2.45, 2.75) is 70.3 Å². The highest BCUT2D eigenvalue weighted by molar-refractivity contribution is 5.31. The van der Waals surface area contributed by atoms with Crippen molar-refractivity contribution in [3.63, 3.8) is 0 Å². The fourth-order valence-electron chi connectivity index (χ4n) is 3.99. The first-order valence-electron chi connectivity index (χ1n) is 10.3. The van der Waals surface area contributed by atoms with Crippen LogP contribution in [0.3, 0.4) is 0 Å². The van der Waals surface area contributed by atoms with Gasteiger partial charge in [0.05, 0.1) is 32.8 Å². The smallest absolute Gasteiger partial charge is 0.119 e. The molecule has 0 radical (unpaired) electrons. The van der Waals surface area contributed by atoms with Crippen LogP contribution >= 0.6 is 0 Å². The second-order valence-corrected chi connectivity index (χ2v) is 8.05. The van der Waals surface area contributed by atoms with Gasteiger partial charge >= 0.3 is 0 Å². The number of rotatable bonds is 10. The van der Waals surface area contributed by atoms with Crippen LogP contribution in [-0.2, 0) is 5.60 Å². The normalized spacial score (nSPS) is 18.3. The van der Waals surface area contributed by atoms with Gasteiger partial charge in [0, 0.05) is 6.42 Å². The molecule has 1 aliphatic carbocycles. The molecule has 142 valence electrons. The Hall–Kier alpha value is -1.06. The number of hydrogen-bond donors (Lipinski definition) is 2. The maximum absolute atomic E-state index is 11.6. The van der Waals surface area contributed by atoms with E-state index in [4.69, 9.17) is 4.74 Å². The van der Waals surface area contributed by atoms with Crippen molar-refractivity contribution in [2.75, 3.05) is 27.2 Å². The van der Waals surface area contributed by atoms with Crippen LogP contribution in [0.15, 0.2) is 24.3 Å². The summed E-state index contributed by atoms with van der Waals surface area (Å²) in [6.07, 6.45) is 10.5. The SMILES string of the molecule is CCCCCOc1ccc([C@](O)(CC[NH+](C)C)C2CCCCC2)cc1. The van der Waals surface area contributed by atoms with Crippen molar-refractivity contribution in [2.24, 2.45) is 5.92 Å². The van der Waals surface area contributed by atoms with E-state index < -0.39 is 5.60 Å². The van der Waals surface area contributed by atoms with Gasteiger partial charge in [-0.1, -0.05) is 51.2 Å². The van der Waals surface area contributed by atoms with E-state index in [9.17, 15) is 5.11 Å². The summed E-state index contributed by atoms with van der Waals surface area (Å²) >= 11 is 0. The lowest BCUT2D eigenvalue weighted by atomic mass is 9.71. The molecule has 1 fully saturated rings. The van der Waals surface area contributed by atoms with E-state index >= 15 is 0 Å². The highest BCUT2D eigenvalue weighted by atomic mass is 16.5. The minimum Gasteiger partial charge on any atom is -0.494 e. The van der Waals surface area contributed by atoms with Gasteiger partial charge < -0.3 is 14.7 Å². The van der Waals surface area contributed by atoms with E-state index in [1.54, 1.807) is 0 Å². The Labute approximate surface area is 154 Å². The summed E-state index contributed by atoms with van der Waals surface area (Å²) < 4.78 is 5.83. The number of unbranched alkanes of at least 4 members (excludes halogenated alkanes) is 2. The number of quaternary nitrogens is 1. The van der Waals surface area contributed by atoms with Gasteiger partial charge in [0.1, 0.15) is 5.75 Å². The van der Waals surface area contributed by atoms with E-state index in [1.807, 2.05) is 12.1 Å². The van der Waals surface area contributed by atoms with Gasteiger partial charge in [-0.25, -0.2) is 0 Å². The first kappa shape index (κ1) is 20.3. The molecule has 1 aliphatic rings. The van der Waals surface area contributed by atoms with Crippen LogP contribution in [0.1, 0.15) is 70.3 Å². The zero-order valence-electron chi connectivity index (χ0n) is 16.5. The molecule has 25 heavy (non-hydrogen) atoms. The monoisotopic (exact) mass is 348 g/mol. The van der Waals surface area contributed by atoms with Gasteiger partial charge in [-0.2, -0.15) is 0 Å². The first-order valence-corrected chi connectivity index (χ1v) is 10.3. The quantitative estimate of drug-likeness (QED) is 0.634. The topological polar surface area (TPSA) is 33.9 Å². The third-order valence-electron chi connectivity index (χ3n) is 5.66. The van der Waals surface area contributed by atoms with Crippen molar-refractivity contribution in [1.29, 1.82) is 0 Å². The molecule has 1 aromatic carbocycles. The minimum atomic E-state index is -0.696. The Kier molecular flexibility index (Phi) is 8.25. The number of nitrogens with one attached hydrogen (secondary N) is 1. The lowest BCUT2D eigenvalue weighted by molar-refractivity contribution is -0.859. The van der Waals surface area contributed by atoms with E-state index in [-0.39, 0.29) is 0 Å². The number of hydrogen-bond acceptors (Lipinski definition) is 2. The maximum Gasteiger partial charge on any atom is 0.119 e. The number of benzene rings is 1. The van der Waals surface area contributed by atoms with E-state index in [0.29, 0.717) is 5.92 Å². The number of aliphatic hydroxyl groups is 1. The molecule has 0 aromatic heterocycles. The summed E-state index contributed by atoms with van der Waals surface area (Å²) in [6.45, 7) is 3.97. The second kappa shape index (κ2) is 10.2. The molecule has 0 heterocycles. The van der Waals surface area contributed by atoms with Gasteiger partial charge in [0.25, 0.3) is 0 Å². The molecule has 2 rings (SSSR count). The lowest BCUT2D eigenvalue weighted by Crippen LogP contribution is -3.05. The molecule has 1 saturated carbocycles. The molecule has 0 spiro atoms. The van der Waals surface area contributed by atoms with E-state index in [0.717, 1.165) is 50.1 Å². The van der Waals surface area contributed by atoms with Crippen molar-refractivity contribution in [3.8, 4) is 5.75 Å². The molecule has 0 aliphatic heterocycles. The summed E-state index contributed by atoms with van der Waals surface area (Å²) in [7, 11) is 4.32. The van der Waals surface area contributed by atoms with Crippen LogP contribution in [0, 0.1) is 5.92 Å². The minimum absolute atomic E-state index is 0.386. The standard InChI is InChI=1S/C22H37NO2/c1-4-5-9-18-25-21-14-12-20(13-15-21)22(24,16-17-23(2)3)19-10-7-6-8-11-19/h12-15,19,24H,4-11,16-18H2,1-3H3/p+1/t22-/m0/s1. The highest BCUT2D eigenvalue weighted by Crippen LogP contribution is 2.41. The Morgan fingerprint density at radius 2 is 1.76 bits per heavy atom. The average molecular weight is 349 g/mol. The van der Waals surface area contributed by atoms with Crippen molar-refractivity contribution < 1.29 is 14.7 Å². The zero-order valence-corrected chi connectivity index (χ0v) is 16.5. The first-order chi connectivity index (χ1) is 12.1. The summed E-state index contributed by atoms with van der Waals surface area (Å²) in [5, 5.41) is 11.6. The average Bonchev–Trinajstić information content (AvgIpc) is 2.64. The highest BCUT2D eigenvalue weighted by Gasteiger charge is 2.39. The molecule has 1 atom stereocenters. The Balaban J connectivity index is 2.07. The Morgan fingerprint density at radius 3 is 2.36 bits per heavy atom. The van der Waals surface area contributed by atoms with Gasteiger partial charge in [-0.3, -0.25) is 0 Å². The largest absolute Gasteiger partial charge is 0.494 e. The maximum atomic E-state index is 11.6. The van der Waals surface area contributed by atoms with E-state index in [2.05, 4.69) is 33.2 Å². The molecule has 1 aromatic rings. The third kappa shape index (κ3) is 6.00. The Morgan fingerprint density at radius 1 is 1.08 bits per heavy atom. The van der Waals surface area contributed by atoms with Crippen molar-refractivity contribution in [1.82, 2.24) is 0 Å².